The first kappa shape index (κ1) is 14.0. The Morgan fingerprint density at radius 1 is 1.35 bits per heavy atom. The molecule has 0 aromatic heterocycles. The molecule has 0 aromatic rings. The number of rotatable bonds is 4. The molecule has 98 valence electrons. The van der Waals surface area contributed by atoms with Crippen LogP contribution in [0.2, 0.25) is 0 Å². The van der Waals surface area contributed by atoms with E-state index in [4.69, 9.17) is 11.5 Å². The second-order valence-corrected chi connectivity index (χ2v) is 4.91. The summed E-state index contributed by atoms with van der Waals surface area (Å²) in [5.41, 5.74) is 11.2. The van der Waals surface area contributed by atoms with Crippen LogP contribution in [-0.2, 0) is 9.59 Å². The lowest BCUT2D eigenvalue weighted by Gasteiger charge is -2.33. The first-order valence-corrected chi connectivity index (χ1v) is 6.31. The standard InChI is InChI=1S/C12H23N3O2/c1-3-8(2)10(13)12(17)15-6-4-9(5-7-15)11(14)16/h8-10H,3-7,13H2,1-2H3,(H2,14,16)/t8-,10-/m0/s1. The van der Waals surface area contributed by atoms with Gasteiger partial charge in [0.25, 0.3) is 0 Å². The summed E-state index contributed by atoms with van der Waals surface area (Å²) in [6.07, 6.45) is 2.22. The van der Waals surface area contributed by atoms with E-state index in [1.54, 1.807) is 4.90 Å². The number of hydrogen-bond donors (Lipinski definition) is 2. The van der Waals surface area contributed by atoms with Gasteiger partial charge in [0.2, 0.25) is 11.8 Å². The molecule has 2 amide bonds. The molecular weight excluding hydrogens is 218 g/mol. The van der Waals surface area contributed by atoms with Gasteiger partial charge in [0.15, 0.2) is 0 Å². The van der Waals surface area contributed by atoms with Crippen molar-refractivity contribution in [3.8, 4) is 0 Å². The van der Waals surface area contributed by atoms with Crippen LogP contribution < -0.4 is 11.5 Å². The van der Waals surface area contributed by atoms with E-state index < -0.39 is 6.04 Å². The van der Waals surface area contributed by atoms with Crippen molar-refractivity contribution in [3.63, 3.8) is 0 Å². The van der Waals surface area contributed by atoms with Crippen molar-refractivity contribution >= 4 is 11.8 Å². The second kappa shape index (κ2) is 6.00. The molecule has 5 nitrogen and oxygen atoms in total. The van der Waals surface area contributed by atoms with Gasteiger partial charge in [-0.3, -0.25) is 9.59 Å². The number of primary amides is 1. The van der Waals surface area contributed by atoms with Gasteiger partial charge in [-0.25, -0.2) is 0 Å². The van der Waals surface area contributed by atoms with Crippen LogP contribution in [0.4, 0.5) is 0 Å². The highest BCUT2D eigenvalue weighted by Gasteiger charge is 2.30. The smallest absolute Gasteiger partial charge is 0.239 e. The Kier molecular flexibility index (Phi) is 4.93. The van der Waals surface area contributed by atoms with E-state index in [0.717, 1.165) is 6.42 Å². The fourth-order valence-electron chi connectivity index (χ4n) is 2.09. The van der Waals surface area contributed by atoms with Gasteiger partial charge in [0, 0.05) is 19.0 Å². The molecule has 0 radical (unpaired) electrons. The van der Waals surface area contributed by atoms with E-state index in [1.165, 1.54) is 0 Å². The third-order valence-electron chi connectivity index (χ3n) is 3.75. The van der Waals surface area contributed by atoms with E-state index in [1.807, 2.05) is 13.8 Å². The topological polar surface area (TPSA) is 89.4 Å². The summed E-state index contributed by atoms with van der Waals surface area (Å²) in [5, 5.41) is 0. The lowest BCUT2D eigenvalue weighted by Crippen LogP contribution is -2.50. The monoisotopic (exact) mass is 241 g/mol. The van der Waals surface area contributed by atoms with Crippen LogP contribution >= 0.6 is 0 Å². The minimum Gasteiger partial charge on any atom is -0.369 e. The Labute approximate surface area is 103 Å². The highest BCUT2D eigenvalue weighted by atomic mass is 16.2. The summed E-state index contributed by atoms with van der Waals surface area (Å²) in [5.74, 6) is -0.152. The third kappa shape index (κ3) is 3.43. The molecule has 0 bridgehead atoms. The zero-order valence-electron chi connectivity index (χ0n) is 10.7. The molecule has 4 N–H and O–H groups in total. The maximum atomic E-state index is 12.1. The van der Waals surface area contributed by atoms with Crippen LogP contribution in [0.25, 0.3) is 0 Å². The predicted octanol–water partition coefficient (Wildman–Crippen LogP) is 0.0837. The number of amides is 2. The molecule has 2 atom stereocenters. The third-order valence-corrected chi connectivity index (χ3v) is 3.75. The molecule has 1 rings (SSSR count). The summed E-state index contributed by atoms with van der Waals surface area (Å²) in [6, 6.07) is -0.426. The van der Waals surface area contributed by atoms with Crippen molar-refractivity contribution in [1.82, 2.24) is 4.90 Å². The Morgan fingerprint density at radius 3 is 2.29 bits per heavy atom. The fraction of sp³-hybridized carbons (Fsp3) is 0.833. The number of hydrogen-bond acceptors (Lipinski definition) is 3. The van der Waals surface area contributed by atoms with Crippen molar-refractivity contribution in [3.05, 3.63) is 0 Å². The van der Waals surface area contributed by atoms with Crippen LogP contribution in [0.1, 0.15) is 33.1 Å². The molecule has 1 aliphatic rings. The van der Waals surface area contributed by atoms with Gasteiger partial charge >= 0.3 is 0 Å². The van der Waals surface area contributed by atoms with Gasteiger partial charge in [-0.1, -0.05) is 20.3 Å². The molecule has 1 heterocycles. The molecule has 1 saturated heterocycles. The summed E-state index contributed by atoms with van der Waals surface area (Å²) in [6.45, 7) is 5.20. The van der Waals surface area contributed by atoms with Gasteiger partial charge in [-0.15, -0.1) is 0 Å². The number of piperidine rings is 1. The Balaban J connectivity index is 2.48. The minimum absolute atomic E-state index is 0.00210. The average Bonchev–Trinajstić information content (AvgIpc) is 2.36. The van der Waals surface area contributed by atoms with E-state index in [-0.39, 0.29) is 23.7 Å². The summed E-state index contributed by atoms with van der Waals surface area (Å²) >= 11 is 0. The van der Waals surface area contributed by atoms with E-state index in [2.05, 4.69) is 0 Å². The van der Waals surface area contributed by atoms with Crippen LogP contribution in [0.3, 0.4) is 0 Å². The molecule has 5 heteroatoms. The normalized spacial score (nSPS) is 21.0. The summed E-state index contributed by atoms with van der Waals surface area (Å²) in [7, 11) is 0. The van der Waals surface area contributed by atoms with E-state index >= 15 is 0 Å². The lowest BCUT2D eigenvalue weighted by molar-refractivity contribution is -0.137. The maximum absolute atomic E-state index is 12.1. The first-order valence-electron chi connectivity index (χ1n) is 6.31. The predicted molar refractivity (Wildman–Crippen MR) is 65.9 cm³/mol. The number of carbonyl (C=O) groups is 2. The maximum Gasteiger partial charge on any atom is 0.239 e. The first-order chi connectivity index (χ1) is 7.97. The molecule has 0 aromatic carbocycles. The molecule has 0 saturated carbocycles. The number of carbonyl (C=O) groups excluding carboxylic acids is 2. The Morgan fingerprint density at radius 2 is 1.88 bits per heavy atom. The van der Waals surface area contributed by atoms with Crippen LogP contribution in [-0.4, -0.2) is 35.8 Å². The van der Waals surface area contributed by atoms with Crippen molar-refractivity contribution in [2.45, 2.75) is 39.2 Å². The molecule has 1 fully saturated rings. The lowest BCUT2D eigenvalue weighted by atomic mass is 9.94. The van der Waals surface area contributed by atoms with Gasteiger partial charge in [0.05, 0.1) is 6.04 Å². The SMILES string of the molecule is CC[C@H](C)[C@H](N)C(=O)N1CCC(C(N)=O)CC1. The largest absolute Gasteiger partial charge is 0.369 e. The quantitative estimate of drug-likeness (QED) is 0.730. The average molecular weight is 241 g/mol. The molecule has 0 spiro atoms. The van der Waals surface area contributed by atoms with Crippen molar-refractivity contribution < 1.29 is 9.59 Å². The number of likely N-dealkylation sites (tertiary alicyclic amines) is 1. The summed E-state index contributed by atoms with van der Waals surface area (Å²) in [4.78, 5) is 24.8. The van der Waals surface area contributed by atoms with Gasteiger partial charge in [-0.05, 0) is 18.8 Å². The molecular formula is C12H23N3O2. The van der Waals surface area contributed by atoms with Crippen molar-refractivity contribution in [2.75, 3.05) is 13.1 Å². The zero-order valence-corrected chi connectivity index (χ0v) is 10.7. The van der Waals surface area contributed by atoms with Crippen LogP contribution in [0.5, 0.6) is 0 Å². The Bertz CT molecular complexity index is 285. The molecule has 0 aliphatic carbocycles. The van der Waals surface area contributed by atoms with E-state index in [0.29, 0.717) is 25.9 Å². The number of nitrogens with two attached hydrogens (primary N) is 2. The van der Waals surface area contributed by atoms with Gasteiger partial charge < -0.3 is 16.4 Å². The van der Waals surface area contributed by atoms with Crippen molar-refractivity contribution in [1.29, 1.82) is 0 Å². The molecule has 1 aliphatic heterocycles. The van der Waals surface area contributed by atoms with Crippen LogP contribution in [0.15, 0.2) is 0 Å². The van der Waals surface area contributed by atoms with Crippen molar-refractivity contribution in [2.24, 2.45) is 23.3 Å². The summed E-state index contributed by atoms with van der Waals surface area (Å²) < 4.78 is 0. The second-order valence-electron chi connectivity index (χ2n) is 4.91. The van der Waals surface area contributed by atoms with E-state index in [9.17, 15) is 9.59 Å². The van der Waals surface area contributed by atoms with Crippen LogP contribution in [0, 0.1) is 11.8 Å². The highest BCUT2D eigenvalue weighted by molar-refractivity contribution is 5.82. The molecule has 17 heavy (non-hydrogen) atoms. The van der Waals surface area contributed by atoms with Gasteiger partial charge in [-0.2, -0.15) is 0 Å². The minimum atomic E-state index is -0.426. The zero-order chi connectivity index (χ0) is 13.0. The van der Waals surface area contributed by atoms with Gasteiger partial charge in [0.1, 0.15) is 0 Å². The Hall–Kier alpha value is -1.10. The molecule has 0 unspecified atom stereocenters. The fourth-order valence-corrected chi connectivity index (χ4v) is 2.09. The number of nitrogens with zero attached hydrogens (tertiary/aromatic N) is 1. The highest BCUT2D eigenvalue weighted by Crippen LogP contribution is 2.18.